The van der Waals surface area contributed by atoms with Gasteiger partial charge in [-0.2, -0.15) is 0 Å². The summed E-state index contributed by atoms with van der Waals surface area (Å²) < 4.78 is 0. The molecule has 0 aliphatic heterocycles. The third kappa shape index (κ3) is 3.67. The number of thiazole rings is 1. The van der Waals surface area contributed by atoms with Crippen molar-refractivity contribution >= 4 is 33.7 Å². The van der Waals surface area contributed by atoms with E-state index in [-0.39, 0.29) is 12.5 Å². The topological polar surface area (TPSA) is 62.2 Å². The van der Waals surface area contributed by atoms with E-state index >= 15 is 0 Å². The van der Waals surface area contributed by atoms with Gasteiger partial charge in [0.1, 0.15) is 6.61 Å². The molecule has 1 amide bonds. The van der Waals surface area contributed by atoms with Crippen LogP contribution in [0.4, 0.5) is 5.13 Å². The average molecular weight is 306 g/mol. The van der Waals surface area contributed by atoms with Crippen molar-refractivity contribution < 1.29 is 9.90 Å². The number of hydrogen-bond acceptors (Lipinski definition) is 5. The number of amides is 1. The number of aliphatic hydroxyl groups excluding tert-OH is 1. The Hall–Kier alpha value is -1.68. The molecule has 2 rings (SSSR count). The van der Waals surface area contributed by atoms with Gasteiger partial charge < -0.3 is 5.11 Å². The summed E-state index contributed by atoms with van der Waals surface area (Å²) in [6.07, 6.45) is 0. The van der Waals surface area contributed by atoms with Gasteiger partial charge in [0.25, 0.3) is 5.91 Å². The Labute approximate surface area is 125 Å². The van der Waals surface area contributed by atoms with Crippen LogP contribution in [0.3, 0.4) is 0 Å². The maximum absolute atomic E-state index is 12.0. The van der Waals surface area contributed by atoms with Gasteiger partial charge in [0.2, 0.25) is 0 Å². The van der Waals surface area contributed by atoms with Crippen LogP contribution in [-0.2, 0) is 0 Å². The number of aromatic nitrogens is 1. The Morgan fingerprint density at radius 3 is 2.90 bits per heavy atom. The Bertz CT molecular complexity index is 662. The van der Waals surface area contributed by atoms with Gasteiger partial charge >= 0.3 is 0 Å². The summed E-state index contributed by atoms with van der Waals surface area (Å²) in [6.45, 7) is 3.94. The number of aliphatic hydroxyl groups is 1. The Balaban J connectivity index is 2.05. The smallest absolute Gasteiger partial charge is 0.258 e. The van der Waals surface area contributed by atoms with Gasteiger partial charge in [-0.1, -0.05) is 25.7 Å². The van der Waals surface area contributed by atoms with E-state index < -0.39 is 0 Å². The van der Waals surface area contributed by atoms with E-state index in [1.165, 1.54) is 22.7 Å². The van der Waals surface area contributed by atoms with Gasteiger partial charge in [0.15, 0.2) is 5.13 Å². The highest BCUT2D eigenvalue weighted by Crippen LogP contribution is 2.22. The van der Waals surface area contributed by atoms with Crippen LogP contribution in [0, 0.1) is 11.8 Å². The summed E-state index contributed by atoms with van der Waals surface area (Å²) in [5.41, 5.74) is 1.53. The molecule has 2 heterocycles. The van der Waals surface area contributed by atoms with Crippen molar-refractivity contribution in [3.8, 4) is 11.8 Å². The number of rotatable bonds is 3. The highest BCUT2D eigenvalue weighted by molar-refractivity contribution is 7.14. The van der Waals surface area contributed by atoms with E-state index in [1.54, 1.807) is 11.4 Å². The third-order valence-electron chi connectivity index (χ3n) is 2.49. The minimum Gasteiger partial charge on any atom is -0.384 e. The van der Waals surface area contributed by atoms with Crippen LogP contribution in [0.15, 0.2) is 16.8 Å². The number of carbonyl (C=O) groups excluding carboxylic acids is 1. The summed E-state index contributed by atoms with van der Waals surface area (Å²) in [5.74, 6) is 5.49. The summed E-state index contributed by atoms with van der Waals surface area (Å²) >= 11 is 2.80. The molecule has 0 saturated heterocycles. The first-order valence-corrected chi connectivity index (χ1v) is 7.81. The maximum atomic E-state index is 12.0. The number of nitrogens with one attached hydrogen (secondary N) is 1. The fraction of sp³-hybridized carbons (Fsp3) is 0.286. The predicted octanol–water partition coefficient (Wildman–Crippen LogP) is 2.92. The number of anilines is 1. The van der Waals surface area contributed by atoms with Crippen LogP contribution >= 0.6 is 22.7 Å². The van der Waals surface area contributed by atoms with Crippen molar-refractivity contribution in [1.82, 2.24) is 4.98 Å². The number of nitrogens with zero attached hydrogens (tertiary/aromatic N) is 1. The molecule has 0 spiro atoms. The molecule has 2 aromatic heterocycles. The highest BCUT2D eigenvalue weighted by atomic mass is 32.1. The number of hydrogen-bond donors (Lipinski definition) is 2. The second-order valence-corrected chi connectivity index (χ2v) is 6.12. The number of thiophene rings is 1. The first-order valence-electron chi connectivity index (χ1n) is 6.05. The van der Waals surface area contributed by atoms with Crippen molar-refractivity contribution in [2.75, 3.05) is 11.9 Å². The number of carbonyl (C=O) groups is 1. The molecule has 0 radical (unpaired) electrons. The first kappa shape index (κ1) is 14.7. The standard InChI is InChI=1S/C14H14N2O2S2/c1-9(2)12-8-20-14(15-12)16-13(18)10-6-11(19-7-10)4-3-5-17/h6-9,17H,5H2,1-2H3,(H,15,16,18). The van der Waals surface area contributed by atoms with E-state index in [4.69, 9.17) is 5.11 Å². The molecule has 0 saturated carbocycles. The zero-order valence-electron chi connectivity index (χ0n) is 11.1. The Morgan fingerprint density at radius 2 is 2.25 bits per heavy atom. The molecule has 0 aliphatic rings. The minimum absolute atomic E-state index is 0.184. The molecular formula is C14H14N2O2S2. The molecule has 4 nitrogen and oxygen atoms in total. The third-order valence-corrected chi connectivity index (χ3v) is 4.11. The van der Waals surface area contributed by atoms with Crippen LogP contribution in [0.1, 0.15) is 40.7 Å². The van der Waals surface area contributed by atoms with Gasteiger partial charge in [-0.25, -0.2) is 4.98 Å². The summed E-state index contributed by atoms with van der Waals surface area (Å²) in [6, 6.07) is 1.71. The van der Waals surface area contributed by atoms with E-state index in [0.29, 0.717) is 16.6 Å². The molecular weight excluding hydrogens is 292 g/mol. The van der Waals surface area contributed by atoms with Gasteiger partial charge in [-0.3, -0.25) is 10.1 Å². The molecule has 0 atom stereocenters. The van der Waals surface area contributed by atoms with Crippen molar-refractivity contribution in [3.05, 3.63) is 33.0 Å². The normalized spacial score (nSPS) is 10.2. The van der Waals surface area contributed by atoms with Gasteiger partial charge in [-0.05, 0) is 12.0 Å². The van der Waals surface area contributed by atoms with Crippen LogP contribution in [0.25, 0.3) is 0 Å². The predicted molar refractivity (Wildman–Crippen MR) is 82.4 cm³/mol. The van der Waals surface area contributed by atoms with Gasteiger partial charge in [0.05, 0.1) is 16.1 Å². The second-order valence-electron chi connectivity index (χ2n) is 4.35. The molecule has 0 aliphatic carbocycles. The SMILES string of the molecule is CC(C)c1csc(NC(=O)c2csc(C#CCO)c2)n1. The first-order chi connectivity index (χ1) is 9.60. The fourth-order valence-electron chi connectivity index (χ4n) is 1.43. The zero-order valence-corrected chi connectivity index (χ0v) is 12.8. The lowest BCUT2D eigenvalue weighted by atomic mass is 10.2. The maximum Gasteiger partial charge on any atom is 0.258 e. The van der Waals surface area contributed by atoms with Crippen molar-refractivity contribution in [1.29, 1.82) is 0 Å². The lowest BCUT2D eigenvalue weighted by Gasteiger charge is -1.99. The Morgan fingerprint density at radius 1 is 1.45 bits per heavy atom. The molecule has 104 valence electrons. The minimum atomic E-state index is -0.192. The lowest BCUT2D eigenvalue weighted by Crippen LogP contribution is -2.10. The molecule has 0 fully saturated rings. The monoisotopic (exact) mass is 306 g/mol. The lowest BCUT2D eigenvalue weighted by molar-refractivity contribution is 0.102. The highest BCUT2D eigenvalue weighted by Gasteiger charge is 2.11. The zero-order chi connectivity index (χ0) is 14.5. The van der Waals surface area contributed by atoms with Crippen molar-refractivity contribution in [2.45, 2.75) is 19.8 Å². The quantitative estimate of drug-likeness (QED) is 0.857. The summed E-state index contributed by atoms with van der Waals surface area (Å²) in [5, 5.41) is 15.7. The summed E-state index contributed by atoms with van der Waals surface area (Å²) in [4.78, 5) is 17.2. The van der Waals surface area contributed by atoms with E-state index in [9.17, 15) is 4.79 Å². The molecule has 6 heteroatoms. The van der Waals surface area contributed by atoms with Gasteiger partial charge in [0, 0.05) is 10.8 Å². The van der Waals surface area contributed by atoms with Crippen LogP contribution in [0.2, 0.25) is 0 Å². The van der Waals surface area contributed by atoms with Gasteiger partial charge in [-0.15, -0.1) is 22.7 Å². The summed E-state index contributed by atoms with van der Waals surface area (Å²) in [7, 11) is 0. The van der Waals surface area contributed by atoms with Crippen molar-refractivity contribution in [2.24, 2.45) is 0 Å². The molecule has 20 heavy (non-hydrogen) atoms. The van der Waals surface area contributed by atoms with Crippen LogP contribution < -0.4 is 5.32 Å². The van der Waals surface area contributed by atoms with E-state index in [1.807, 2.05) is 5.38 Å². The molecule has 2 N–H and O–H groups in total. The molecule has 2 aromatic rings. The van der Waals surface area contributed by atoms with Crippen molar-refractivity contribution in [3.63, 3.8) is 0 Å². The van der Waals surface area contributed by atoms with E-state index in [2.05, 4.69) is 36.0 Å². The van der Waals surface area contributed by atoms with Crippen LogP contribution in [0.5, 0.6) is 0 Å². The molecule has 0 unspecified atom stereocenters. The largest absolute Gasteiger partial charge is 0.384 e. The Kier molecular flexibility index (Phi) is 4.90. The molecule has 0 aromatic carbocycles. The average Bonchev–Trinajstić information content (AvgIpc) is 3.04. The fourth-order valence-corrected chi connectivity index (χ4v) is 3.05. The van der Waals surface area contributed by atoms with Crippen LogP contribution in [-0.4, -0.2) is 22.6 Å². The van der Waals surface area contributed by atoms with E-state index in [0.717, 1.165) is 10.6 Å². The molecule has 0 bridgehead atoms. The second kappa shape index (κ2) is 6.66.